The van der Waals surface area contributed by atoms with Gasteiger partial charge in [-0.05, 0) is 86.9 Å². The van der Waals surface area contributed by atoms with E-state index in [1.54, 1.807) is 4.90 Å². The van der Waals surface area contributed by atoms with Crippen LogP contribution in [0, 0.1) is 11.8 Å². The molecule has 2 aliphatic carbocycles. The first-order chi connectivity index (χ1) is 15.6. The normalized spacial score (nSPS) is 26.9. The van der Waals surface area contributed by atoms with Crippen LogP contribution in [0.4, 0.5) is 10.5 Å². The molecule has 5 rings (SSSR count). The number of hydrogen-bond acceptors (Lipinski definition) is 4. The summed E-state index contributed by atoms with van der Waals surface area (Å²) in [6.45, 7) is 4.79. The standard InChI is InChI=1S/C26H38N4OS/c1-28(2)26(31)27-21-10-6-19(7-11-21)12-14-29-15-16-30(24(18-29)20-8-9-20)23-4-3-5-25-22(23)13-17-32-25/h3-5,13,17,19-21,24H,6-12,14-16,18H2,1-2H3,(H,27,31)/t19-,21-,24-/m0/s1. The summed E-state index contributed by atoms with van der Waals surface area (Å²) in [5, 5.41) is 6.85. The lowest BCUT2D eigenvalue weighted by molar-refractivity contribution is 0.180. The number of rotatable bonds is 6. The van der Waals surface area contributed by atoms with Gasteiger partial charge in [-0.2, -0.15) is 0 Å². The van der Waals surface area contributed by atoms with E-state index < -0.39 is 0 Å². The molecule has 2 saturated carbocycles. The van der Waals surface area contributed by atoms with Crippen LogP contribution in [-0.4, -0.2) is 68.2 Å². The smallest absolute Gasteiger partial charge is 0.317 e. The Hall–Kier alpha value is -1.79. The van der Waals surface area contributed by atoms with Gasteiger partial charge < -0.3 is 15.1 Å². The molecular weight excluding hydrogens is 416 g/mol. The number of carbonyl (C=O) groups excluding carboxylic acids is 1. The molecule has 1 saturated heterocycles. The van der Waals surface area contributed by atoms with Gasteiger partial charge in [0, 0.05) is 61.6 Å². The predicted molar refractivity (Wildman–Crippen MR) is 135 cm³/mol. The van der Waals surface area contributed by atoms with Gasteiger partial charge in [-0.1, -0.05) is 6.07 Å². The van der Waals surface area contributed by atoms with Gasteiger partial charge in [0.25, 0.3) is 0 Å². The first-order valence-electron chi connectivity index (χ1n) is 12.5. The second-order valence-corrected chi connectivity index (χ2v) is 11.3. The van der Waals surface area contributed by atoms with Crippen molar-refractivity contribution in [3.8, 4) is 0 Å². The molecule has 0 radical (unpaired) electrons. The maximum Gasteiger partial charge on any atom is 0.317 e. The molecule has 2 amide bonds. The molecule has 174 valence electrons. The SMILES string of the molecule is CN(C)C(=O)N[C@H]1CC[C@H](CCN2CCN(c3cccc4sccc34)[C@H](C3CC3)C2)CC1. The molecule has 0 spiro atoms. The van der Waals surface area contributed by atoms with E-state index in [-0.39, 0.29) is 6.03 Å². The van der Waals surface area contributed by atoms with Gasteiger partial charge in [0.05, 0.1) is 0 Å². The Kier molecular flexibility index (Phi) is 6.61. The first-order valence-corrected chi connectivity index (χ1v) is 13.4. The fourth-order valence-electron chi connectivity index (χ4n) is 5.75. The Bertz CT molecular complexity index is 915. The van der Waals surface area contributed by atoms with Crippen LogP contribution in [0.2, 0.25) is 0 Å². The average Bonchev–Trinajstić information content (AvgIpc) is 3.54. The minimum atomic E-state index is 0.0515. The van der Waals surface area contributed by atoms with Crippen molar-refractivity contribution >= 4 is 33.1 Å². The minimum Gasteiger partial charge on any atom is -0.365 e. The highest BCUT2D eigenvalue weighted by Crippen LogP contribution is 2.41. The number of fused-ring (bicyclic) bond motifs is 1. The molecule has 32 heavy (non-hydrogen) atoms. The van der Waals surface area contributed by atoms with Crippen LogP contribution in [0.15, 0.2) is 29.6 Å². The number of thiophene rings is 1. The van der Waals surface area contributed by atoms with E-state index in [9.17, 15) is 4.79 Å². The van der Waals surface area contributed by atoms with Gasteiger partial charge in [-0.3, -0.25) is 4.90 Å². The third-order valence-electron chi connectivity index (χ3n) is 7.89. The zero-order valence-corrected chi connectivity index (χ0v) is 20.4. The number of nitrogens with one attached hydrogen (secondary N) is 1. The fraction of sp³-hybridized carbons (Fsp3) is 0.654. The molecule has 1 aromatic carbocycles. The van der Waals surface area contributed by atoms with Crippen LogP contribution in [0.5, 0.6) is 0 Å². The molecule has 2 aromatic rings. The highest BCUT2D eigenvalue weighted by molar-refractivity contribution is 7.17. The summed E-state index contributed by atoms with van der Waals surface area (Å²) in [6, 6.07) is 10.2. The summed E-state index contributed by atoms with van der Waals surface area (Å²) in [5.74, 6) is 1.70. The molecule has 3 aliphatic rings. The van der Waals surface area contributed by atoms with E-state index in [2.05, 4.69) is 44.8 Å². The van der Waals surface area contributed by atoms with Gasteiger partial charge in [0.1, 0.15) is 0 Å². The van der Waals surface area contributed by atoms with Gasteiger partial charge in [0.2, 0.25) is 0 Å². The van der Waals surface area contributed by atoms with Crippen LogP contribution in [-0.2, 0) is 0 Å². The molecule has 5 nitrogen and oxygen atoms in total. The van der Waals surface area contributed by atoms with E-state index in [0.717, 1.165) is 31.2 Å². The number of piperazine rings is 1. The van der Waals surface area contributed by atoms with Crippen LogP contribution in [0.1, 0.15) is 44.9 Å². The number of carbonyl (C=O) groups is 1. The van der Waals surface area contributed by atoms with E-state index in [4.69, 9.17) is 0 Å². The number of urea groups is 1. The van der Waals surface area contributed by atoms with Crippen molar-refractivity contribution in [1.29, 1.82) is 0 Å². The van der Waals surface area contributed by atoms with Crippen LogP contribution >= 0.6 is 11.3 Å². The number of anilines is 1. The molecule has 1 aromatic heterocycles. The summed E-state index contributed by atoms with van der Waals surface area (Å²) >= 11 is 1.86. The van der Waals surface area contributed by atoms with Crippen molar-refractivity contribution in [2.24, 2.45) is 11.8 Å². The van der Waals surface area contributed by atoms with Gasteiger partial charge in [-0.25, -0.2) is 4.79 Å². The Morgan fingerprint density at radius 2 is 1.91 bits per heavy atom. The summed E-state index contributed by atoms with van der Waals surface area (Å²) in [7, 11) is 3.63. The number of nitrogens with zero attached hydrogens (tertiary/aromatic N) is 3. The maximum absolute atomic E-state index is 11.9. The number of hydrogen-bond donors (Lipinski definition) is 1. The highest BCUT2D eigenvalue weighted by Gasteiger charge is 2.39. The molecule has 1 N–H and O–H groups in total. The largest absolute Gasteiger partial charge is 0.365 e. The Morgan fingerprint density at radius 3 is 2.66 bits per heavy atom. The van der Waals surface area contributed by atoms with Crippen molar-refractivity contribution < 1.29 is 4.79 Å². The lowest BCUT2D eigenvalue weighted by Gasteiger charge is -2.44. The van der Waals surface area contributed by atoms with E-state index >= 15 is 0 Å². The Labute approximate surface area is 196 Å². The molecule has 0 unspecified atom stereocenters. The summed E-state index contributed by atoms with van der Waals surface area (Å²) in [4.78, 5) is 19.0. The van der Waals surface area contributed by atoms with Crippen molar-refractivity contribution in [3.63, 3.8) is 0 Å². The zero-order chi connectivity index (χ0) is 22.1. The number of amides is 2. The molecule has 1 aliphatic heterocycles. The van der Waals surface area contributed by atoms with Gasteiger partial charge in [0.15, 0.2) is 0 Å². The monoisotopic (exact) mass is 454 g/mol. The highest BCUT2D eigenvalue weighted by atomic mass is 32.1. The minimum absolute atomic E-state index is 0.0515. The molecule has 1 atom stereocenters. The summed E-state index contributed by atoms with van der Waals surface area (Å²) in [5.41, 5.74) is 1.46. The van der Waals surface area contributed by atoms with Crippen LogP contribution in [0.25, 0.3) is 10.1 Å². The predicted octanol–water partition coefficient (Wildman–Crippen LogP) is 5.02. The Morgan fingerprint density at radius 1 is 1.09 bits per heavy atom. The van der Waals surface area contributed by atoms with Crippen molar-refractivity contribution in [2.75, 3.05) is 45.2 Å². The second kappa shape index (κ2) is 9.60. The first kappa shape index (κ1) is 22.0. The lowest BCUT2D eigenvalue weighted by atomic mass is 9.84. The van der Waals surface area contributed by atoms with Crippen molar-refractivity contribution in [2.45, 2.75) is 57.0 Å². The summed E-state index contributed by atoms with van der Waals surface area (Å²) < 4.78 is 1.41. The van der Waals surface area contributed by atoms with E-state index in [1.807, 2.05) is 25.4 Å². The van der Waals surface area contributed by atoms with E-state index in [1.165, 1.54) is 67.5 Å². The Balaban J connectivity index is 1.13. The molecular formula is C26H38N4OS. The van der Waals surface area contributed by atoms with E-state index in [0.29, 0.717) is 12.1 Å². The molecule has 0 bridgehead atoms. The van der Waals surface area contributed by atoms with Gasteiger partial charge >= 0.3 is 6.03 Å². The van der Waals surface area contributed by atoms with Crippen molar-refractivity contribution in [3.05, 3.63) is 29.6 Å². The fourth-order valence-corrected chi connectivity index (χ4v) is 6.56. The topological polar surface area (TPSA) is 38.8 Å². The quantitative estimate of drug-likeness (QED) is 0.666. The molecule has 6 heteroatoms. The van der Waals surface area contributed by atoms with Crippen LogP contribution < -0.4 is 10.2 Å². The maximum atomic E-state index is 11.9. The zero-order valence-electron chi connectivity index (χ0n) is 19.6. The third kappa shape index (κ3) is 4.91. The van der Waals surface area contributed by atoms with Crippen molar-refractivity contribution in [1.82, 2.24) is 15.1 Å². The second-order valence-electron chi connectivity index (χ2n) is 10.4. The van der Waals surface area contributed by atoms with Crippen LogP contribution in [0.3, 0.4) is 0 Å². The summed E-state index contributed by atoms with van der Waals surface area (Å²) in [6.07, 6.45) is 8.89. The number of benzene rings is 1. The molecule has 2 heterocycles. The average molecular weight is 455 g/mol. The third-order valence-corrected chi connectivity index (χ3v) is 8.77. The van der Waals surface area contributed by atoms with Gasteiger partial charge in [-0.15, -0.1) is 11.3 Å². The molecule has 3 fully saturated rings. The lowest BCUT2D eigenvalue weighted by Crippen LogP contribution is -2.54.